The Labute approximate surface area is 149 Å². The number of benzene rings is 1. The van der Waals surface area contributed by atoms with Crippen LogP contribution < -0.4 is 10.1 Å². The number of H-pyrrole nitrogens is 1. The molecular formula is C18H19N5O3. The van der Waals surface area contributed by atoms with Crippen molar-refractivity contribution in [3.63, 3.8) is 0 Å². The van der Waals surface area contributed by atoms with E-state index in [2.05, 4.69) is 25.7 Å². The number of fused-ring (bicyclic) bond motifs is 1. The number of hydrogen-bond acceptors (Lipinski definition) is 6. The van der Waals surface area contributed by atoms with Gasteiger partial charge in [0, 0.05) is 11.8 Å². The fourth-order valence-electron chi connectivity index (χ4n) is 3.30. The highest BCUT2D eigenvalue weighted by molar-refractivity contribution is 5.97. The molecule has 1 aliphatic carbocycles. The Morgan fingerprint density at radius 2 is 2.08 bits per heavy atom. The van der Waals surface area contributed by atoms with Crippen LogP contribution in [0.4, 0.5) is 0 Å². The molecule has 3 N–H and O–H groups in total. The van der Waals surface area contributed by atoms with E-state index >= 15 is 0 Å². The van der Waals surface area contributed by atoms with E-state index in [0.717, 1.165) is 5.56 Å². The molecule has 0 aliphatic heterocycles. The molecule has 26 heavy (non-hydrogen) atoms. The molecule has 0 saturated heterocycles. The van der Waals surface area contributed by atoms with Crippen molar-refractivity contribution in [2.45, 2.75) is 25.0 Å². The van der Waals surface area contributed by atoms with Gasteiger partial charge in [0.25, 0.3) is 5.91 Å². The number of aromatic nitrogens is 4. The van der Waals surface area contributed by atoms with Gasteiger partial charge < -0.3 is 15.2 Å². The topological polar surface area (TPSA) is 113 Å². The predicted molar refractivity (Wildman–Crippen MR) is 93.6 cm³/mol. The molecule has 1 fully saturated rings. The summed E-state index contributed by atoms with van der Waals surface area (Å²) in [4.78, 5) is 17.0. The molecule has 2 aromatic heterocycles. The van der Waals surface area contributed by atoms with Gasteiger partial charge in [-0.05, 0) is 48.6 Å². The van der Waals surface area contributed by atoms with Crippen LogP contribution in [0.5, 0.6) is 5.75 Å². The number of hydrogen-bond donors (Lipinski definition) is 3. The number of carbonyl (C=O) groups excluding carboxylic acids is 1. The molecule has 8 heteroatoms. The normalized spacial score (nSPS) is 20.4. The minimum Gasteiger partial charge on any atom is -0.495 e. The first-order valence-corrected chi connectivity index (χ1v) is 8.42. The predicted octanol–water partition coefficient (Wildman–Crippen LogP) is 1.60. The van der Waals surface area contributed by atoms with Crippen molar-refractivity contribution in [2.24, 2.45) is 5.92 Å². The van der Waals surface area contributed by atoms with Crippen molar-refractivity contribution in [1.82, 2.24) is 25.7 Å². The summed E-state index contributed by atoms with van der Waals surface area (Å²) in [6.45, 7) is 0. The van der Waals surface area contributed by atoms with Gasteiger partial charge in [-0.3, -0.25) is 9.78 Å². The second-order valence-corrected chi connectivity index (χ2v) is 6.52. The maximum atomic E-state index is 12.8. The molecule has 1 aliphatic rings. The third kappa shape index (κ3) is 3.11. The number of carbonyl (C=O) groups is 1. The number of ether oxygens (including phenoxy) is 1. The Morgan fingerprint density at radius 1 is 1.27 bits per heavy atom. The van der Waals surface area contributed by atoms with Gasteiger partial charge in [-0.2, -0.15) is 15.4 Å². The van der Waals surface area contributed by atoms with Gasteiger partial charge in [0.05, 0.1) is 25.5 Å². The van der Waals surface area contributed by atoms with Crippen LogP contribution in [0.1, 0.15) is 34.8 Å². The van der Waals surface area contributed by atoms with Gasteiger partial charge in [-0.1, -0.05) is 0 Å². The van der Waals surface area contributed by atoms with Crippen LogP contribution in [0.3, 0.4) is 0 Å². The molecule has 3 aromatic rings. The summed E-state index contributed by atoms with van der Waals surface area (Å²) in [5, 5.41) is 23.3. The van der Waals surface area contributed by atoms with Crippen LogP contribution in [0, 0.1) is 5.92 Å². The van der Waals surface area contributed by atoms with Gasteiger partial charge in [0.2, 0.25) is 0 Å². The third-order valence-corrected chi connectivity index (χ3v) is 4.82. The van der Waals surface area contributed by atoms with Crippen LogP contribution in [-0.4, -0.2) is 44.6 Å². The number of methoxy groups -OCH3 is 1. The minimum atomic E-state index is -0.315. The first-order chi connectivity index (χ1) is 12.6. The summed E-state index contributed by atoms with van der Waals surface area (Å²) in [6, 6.07) is 6.79. The van der Waals surface area contributed by atoms with Crippen molar-refractivity contribution >= 4 is 16.9 Å². The van der Waals surface area contributed by atoms with Gasteiger partial charge in [0.15, 0.2) is 0 Å². The van der Waals surface area contributed by atoms with Crippen molar-refractivity contribution in [3.8, 4) is 5.75 Å². The zero-order valence-corrected chi connectivity index (χ0v) is 14.2. The van der Waals surface area contributed by atoms with Gasteiger partial charge in [0.1, 0.15) is 16.8 Å². The highest BCUT2D eigenvalue weighted by atomic mass is 16.5. The van der Waals surface area contributed by atoms with Crippen LogP contribution in [0.15, 0.2) is 36.7 Å². The lowest BCUT2D eigenvalue weighted by atomic mass is 9.75. The van der Waals surface area contributed by atoms with E-state index in [-0.39, 0.29) is 24.0 Å². The molecule has 8 nitrogen and oxygen atoms in total. The summed E-state index contributed by atoms with van der Waals surface area (Å²) < 4.78 is 5.24. The van der Waals surface area contributed by atoms with E-state index in [0.29, 0.717) is 35.2 Å². The summed E-state index contributed by atoms with van der Waals surface area (Å²) in [5.41, 5.74) is 2.71. The van der Waals surface area contributed by atoms with Gasteiger partial charge in [-0.15, -0.1) is 0 Å². The second kappa shape index (κ2) is 6.72. The number of aromatic amines is 1. The Kier molecular flexibility index (Phi) is 4.26. The van der Waals surface area contributed by atoms with Gasteiger partial charge >= 0.3 is 0 Å². The smallest absolute Gasteiger partial charge is 0.251 e. The Hall–Kier alpha value is -3.00. The summed E-state index contributed by atoms with van der Waals surface area (Å²) in [6.07, 6.45) is 4.31. The molecule has 1 aromatic carbocycles. The van der Waals surface area contributed by atoms with Crippen LogP contribution in [0.25, 0.3) is 11.0 Å². The SMILES string of the molecule is COc1cncc([C@H](NC(=O)c2ccc3n[nH]nc3c2)C2CC(O)C2)c1. The highest BCUT2D eigenvalue weighted by Gasteiger charge is 2.36. The van der Waals surface area contributed by atoms with Crippen molar-refractivity contribution in [1.29, 1.82) is 0 Å². The number of rotatable bonds is 5. The van der Waals surface area contributed by atoms with Crippen LogP contribution >= 0.6 is 0 Å². The number of pyridine rings is 1. The maximum Gasteiger partial charge on any atom is 0.251 e. The highest BCUT2D eigenvalue weighted by Crippen LogP contribution is 2.38. The average molecular weight is 353 g/mol. The largest absolute Gasteiger partial charge is 0.495 e. The molecule has 2 heterocycles. The zero-order chi connectivity index (χ0) is 18.1. The Morgan fingerprint density at radius 3 is 2.85 bits per heavy atom. The first kappa shape index (κ1) is 16.5. The molecular weight excluding hydrogens is 334 g/mol. The summed E-state index contributed by atoms with van der Waals surface area (Å²) in [7, 11) is 1.58. The standard InChI is InChI=1S/C18H19N5O3/c1-26-14-6-12(8-19-9-14)17(11-4-13(24)5-11)20-18(25)10-2-3-15-16(7-10)22-23-21-15/h2-3,6-9,11,13,17,24H,4-5H2,1H3,(H,20,25)(H,21,22,23)/t11?,13?,17-/m1/s1. The average Bonchev–Trinajstić information content (AvgIpc) is 3.11. The Balaban J connectivity index is 1.60. The van der Waals surface area contributed by atoms with Crippen LogP contribution in [0.2, 0.25) is 0 Å². The lowest BCUT2D eigenvalue weighted by Crippen LogP contribution is -2.41. The number of aliphatic hydroxyl groups excluding tert-OH is 1. The van der Waals surface area contributed by atoms with E-state index in [1.165, 1.54) is 0 Å². The quantitative estimate of drug-likeness (QED) is 0.642. The molecule has 0 spiro atoms. The van der Waals surface area contributed by atoms with E-state index in [4.69, 9.17) is 4.74 Å². The molecule has 0 bridgehead atoms. The van der Waals surface area contributed by atoms with E-state index in [1.807, 2.05) is 6.07 Å². The monoisotopic (exact) mass is 353 g/mol. The van der Waals surface area contributed by atoms with Crippen LogP contribution in [-0.2, 0) is 0 Å². The molecule has 1 atom stereocenters. The number of nitrogens with zero attached hydrogens (tertiary/aromatic N) is 3. The molecule has 4 rings (SSSR count). The molecule has 0 unspecified atom stereocenters. The van der Waals surface area contributed by atoms with E-state index in [1.54, 1.807) is 37.7 Å². The third-order valence-electron chi connectivity index (χ3n) is 4.82. The summed E-state index contributed by atoms with van der Waals surface area (Å²) >= 11 is 0. The fraction of sp³-hybridized carbons (Fsp3) is 0.333. The van der Waals surface area contributed by atoms with Crippen molar-refractivity contribution < 1.29 is 14.6 Å². The molecule has 0 radical (unpaired) electrons. The zero-order valence-electron chi connectivity index (χ0n) is 14.2. The Bertz CT molecular complexity index is 935. The minimum absolute atomic E-state index is 0.152. The van der Waals surface area contributed by atoms with Crippen molar-refractivity contribution in [2.75, 3.05) is 7.11 Å². The fourth-order valence-corrected chi connectivity index (χ4v) is 3.30. The maximum absolute atomic E-state index is 12.8. The number of aliphatic hydroxyl groups is 1. The second-order valence-electron chi connectivity index (χ2n) is 6.52. The van der Waals surface area contributed by atoms with Gasteiger partial charge in [-0.25, -0.2) is 0 Å². The molecule has 1 saturated carbocycles. The molecule has 1 amide bonds. The molecule has 134 valence electrons. The number of amides is 1. The summed E-state index contributed by atoms with van der Waals surface area (Å²) in [5.74, 6) is 0.577. The lowest BCUT2D eigenvalue weighted by molar-refractivity contribution is 0.0234. The number of nitrogens with one attached hydrogen (secondary N) is 2. The first-order valence-electron chi connectivity index (χ1n) is 8.42. The lowest BCUT2D eigenvalue weighted by Gasteiger charge is -2.38. The van der Waals surface area contributed by atoms with Crippen molar-refractivity contribution in [3.05, 3.63) is 47.8 Å². The van der Waals surface area contributed by atoms with E-state index < -0.39 is 0 Å². The van der Waals surface area contributed by atoms with E-state index in [9.17, 15) is 9.90 Å².